The lowest BCUT2D eigenvalue weighted by Crippen LogP contribution is -2.40. The topological polar surface area (TPSA) is 264 Å². The molecule has 0 aromatic carbocycles. The maximum atomic E-state index is 11.8. The monoisotopic (exact) mass is 708 g/mol. The van der Waals surface area contributed by atoms with E-state index in [0.717, 1.165) is 12.2 Å². The fourth-order valence-electron chi connectivity index (χ4n) is 3.27. The van der Waals surface area contributed by atoms with Crippen LogP contribution in [0.1, 0.15) is 16.8 Å². The molecule has 2 rings (SSSR count). The van der Waals surface area contributed by atoms with Crippen molar-refractivity contribution in [2.45, 2.75) is 19.0 Å². The Balaban J connectivity index is 0.000000450. The van der Waals surface area contributed by atoms with E-state index in [4.69, 9.17) is 0 Å². The summed E-state index contributed by atoms with van der Waals surface area (Å²) in [4.78, 5) is 77.3. The van der Waals surface area contributed by atoms with E-state index >= 15 is 0 Å². The van der Waals surface area contributed by atoms with Crippen molar-refractivity contribution in [1.29, 1.82) is 0 Å². The molecule has 0 aliphatic rings. The summed E-state index contributed by atoms with van der Waals surface area (Å²) in [6, 6.07) is -1.26. The summed E-state index contributed by atoms with van der Waals surface area (Å²) in [5.74, 6) is -0.772. The predicted octanol–water partition coefficient (Wildman–Crippen LogP) is -2.45. The average Bonchev–Trinajstić information content (AvgIpc) is 2.96. The molecule has 4 atom stereocenters. The second-order valence-corrected chi connectivity index (χ2v) is 14.4. The van der Waals surface area contributed by atoms with Crippen molar-refractivity contribution in [2.75, 3.05) is 47.4 Å². The fraction of sp³-hybridized carbons (Fsp3) is 0.440. The van der Waals surface area contributed by atoms with Crippen molar-refractivity contribution < 1.29 is 28.2 Å². The van der Waals surface area contributed by atoms with Crippen molar-refractivity contribution in [2.24, 2.45) is 0 Å². The third kappa shape index (κ3) is 16.0. The number of H-pyrrole nitrogens is 4. The maximum absolute atomic E-state index is 11.8. The summed E-state index contributed by atoms with van der Waals surface area (Å²) >= 11 is 2.83. The third-order valence-electron chi connectivity index (χ3n) is 5.25. The van der Waals surface area contributed by atoms with E-state index in [1.54, 1.807) is 0 Å². The number of aromatic amines is 4. The summed E-state index contributed by atoms with van der Waals surface area (Å²) in [6.07, 6.45) is 9.54. The molecule has 2 aromatic heterocycles. The second kappa shape index (κ2) is 21.4. The van der Waals surface area contributed by atoms with Gasteiger partial charge < -0.3 is 30.8 Å². The second-order valence-electron chi connectivity index (χ2n) is 8.94. The van der Waals surface area contributed by atoms with E-state index in [9.17, 15) is 47.4 Å². The number of carbonyl (C=O) groups is 2. The average molecular weight is 709 g/mol. The van der Waals surface area contributed by atoms with Crippen LogP contribution >= 0.6 is 23.5 Å². The van der Waals surface area contributed by atoms with Gasteiger partial charge in [-0.05, 0) is 31.6 Å². The quantitative estimate of drug-likeness (QED) is 0.0846. The largest absolute Gasteiger partial charge is 0.394 e. The van der Waals surface area contributed by atoms with Gasteiger partial charge in [0.15, 0.2) is 0 Å². The summed E-state index contributed by atoms with van der Waals surface area (Å²) in [5, 5.41) is 24.3. The number of thioether (sulfide) groups is 2. The molecule has 0 fully saturated rings. The Kier molecular flexibility index (Phi) is 18.9. The Morgan fingerprint density at radius 3 is 1.76 bits per heavy atom. The molecule has 0 spiro atoms. The van der Waals surface area contributed by atoms with Crippen LogP contribution in [-0.2, 0) is 31.2 Å². The minimum Gasteiger partial charge on any atom is -0.394 e. The van der Waals surface area contributed by atoms with Crippen molar-refractivity contribution in [3.05, 3.63) is 76.8 Å². The maximum Gasteiger partial charge on any atom is 0.325 e. The number of hydrogen-bond donors (Lipinski definition) is 8. The number of rotatable bonds is 16. The molecule has 0 aliphatic carbocycles. The van der Waals surface area contributed by atoms with Gasteiger partial charge in [-0.3, -0.25) is 37.6 Å². The van der Waals surface area contributed by atoms with Crippen molar-refractivity contribution in [1.82, 2.24) is 30.6 Å². The van der Waals surface area contributed by atoms with Crippen LogP contribution in [0.15, 0.2) is 37.5 Å². The molecule has 16 nitrogen and oxygen atoms in total. The SMILES string of the molecule is CSCS(=O)CC(CO)NC(=O)/C=C/c1c(C)[nH]c(=O)[nH]c1=O.CSCS(=O)CC(CO)NC(=O)/C=C\c1c[nH]c(=O)[nH]c1=O. The Bertz CT molecular complexity index is 1610. The molecule has 0 radical (unpaired) electrons. The zero-order valence-corrected chi connectivity index (χ0v) is 27.8. The number of amides is 2. The van der Waals surface area contributed by atoms with Gasteiger partial charge in [-0.15, -0.1) is 0 Å². The van der Waals surface area contributed by atoms with E-state index in [2.05, 4.69) is 25.6 Å². The van der Waals surface area contributed by atoms with Gasteiger partial charge in [-0.1, -0.05) is 0 Å². The lowest BCUT2D eigenvalue weighted by atomic mass is 10.2. The Labute approximate surface area is 270 Å². The molecule has 2 aromatic rings. The van der Waals surface area contributed by atoms with Gasteiger partial charge in [0, 0.05) is 57.1 Å². The molecule has 0 saturated heterocycles. The Morgan fingerprint density at radius 2 is 1.31 bits per heavy atom. The molecule has 0 saturated carbocycles. The van der Waals surface area contributed by atoms with Gasteiger partial charge >= 0.3 is 11.4 Å². The standard InChI is InChI=1S/C13H19N3O5S2.C12H17N3O5S2/c1-8-10(12(19)16-13(20)14-8)3-4-11(18)15-9(5-17)6-23(21)7-22-2;1-21-7-22(20)6-9(5-16)14-10(17)3-2-8-4-13-12(19)15-11(8)18/h3-4,9,17H,5-7H2,1-2H3,(H,15,18)(H2,14,16,19,20);2-4,9,16H,5-7H2,1H3,(H,14,17)(H2,13,15,18,19)/b4-3+;3-2-. The van der Waals surface area contributed by atoms with Gasteiger partial charge in [0.1, 0.15) is 0 Å². The highest BCUT2D eigenvalue weighted by Gasteiger charge is 2.14. The van der Waals surface area contributed by atoms with Crippen LogP contribution in [0.4, 0.5) is 0 Å². The van der Waals surface area contributed by atoms with Gasteiger partial charge in [0.05, 0.1) is 46.6 Å². The number of aromatic nitrogens is 4. The van der Waals surface area contributed by atoms with E-state index < -0.39 is 68.0 Å². The first-order valence-electron chi connectivity index (χ1n) is 12.8. The van der Waals surface area contributed by atoms with Gasteiger partial charge in [-0.25, -0.2) is 9.59 Å². The summed E-state index contributed by atoms with van der Waals surface area (Å²) < 4.78 is 23.2. The Hall–Kier alpha value is -3.30. The van der Waals surface area contributed by atoms with Crippen LogP contribution in [-0.4, -0.2) is 110 Å². The van der Waals surface area contributed by atoms with Gasteiger partial charge in [0.25, 0.3) is 11.1 Å². The van der Waals surface area contributed by atoms with Crippen LogP contribution in [0.2, 0.25) is 0 Å². The molecule has 45 heavy (non-hydrogen) atoms. The fourth-order valence-corrected chi connectivity index (χ4v) is 7.41. The highest BCUT2D eigenvalue weighted by molar-refractivity contribution is 8.10. The number of aryl methyl sites for hydroxylation is 1. The number of hydrogen-bond acceptors (Lipinski definition) is 12. The van der Waals surface area contributed by atoms with Gasteiger partial charge in [0.2, 0.25) is 11.8 Å². The normalized spacial score (nSPS) is 13.9. The summed E-state index contributed by atoms with van der Waals surface area (Å²) in [7, 11) is -2.29. The number of nitrogens with one attached hydrogen (secondary N) is 6. The van der Waals surface area contributed by atoms with Crippen molar-refractivity contribution >= 4 is 69.1 Å². The van der Waals surface area contributed by atoms with Crippen LogP contribution in [0.25, 0.3) is 12.2 Å². The highest BCUT2D eigenvalue weighted by Crippen LogP contribution is 2.01. The Morgan fingerprint density at radius 1 is 0.822 bits per heavy atom. The van der Waals surface area contributed by atoms with Crippen LogP contribution in [0.3, 0.4) is 0 Å². The summed E-state index contributed by atoms with van der Waals surface area (Å²) in [5.41, 5.74) is -1.87. The van der Waals surface area contributed by atoms with Crippen molar-refractivity contribution in [3.63, 3.8) is 0 Å². The lowest BCUT2D eigenvalue weighted by Gasteiger charge is -2.14. The number of aliphatic hydroxyl groups is 2. The third-order valence-corrected chi connectivity index (χ3v) is 10.8. The van der Waals surface area contributed by atoms with Crippen LogP contribution < -0.4 is 33.1 Å². The number of carbonyl (C=O) groups excluding carboxylic acids is 2. The molecule has 20 heteroatoms. The number of aliphatic hydroxyl groups excluding tert-OH is 2. The molecule has 2 amide bonds. The highest BCUT2D eigenvalue weighted by atomic mass is 32.2. The minimum absolute atomic E-state index is 0.112. The molecular weight excluding hydrogens is 673 g/mol. The van der Waals surface area contributed by atoms with Gasteiger partial charge in [-0.2, -0.15) is 23.5 Å². The smallest absolute Gasteiger partial charge is 0.325 e. The molecule has 0 aliphatic heterocycles. The lowest BCUT2D eigenvalue weighted by molar-refractivity contribution is -0.118. The van der Waals surface area contributed by atoms with Crippen LogP contribution in [0, 0.1) is 6.92 Å². The van der Waals surface area contributed by atoms with Crippen molar-refractivity contribution in [3.8, 4) is 0 Å². The first-order valence-corrected chi connectivity index (χ1v) is 18.6. The first kappa shape index (κ1) is 39.7. The summed E-state index contributed by atoms with van der Waals surface area (Å²) in [6.45, 7) is 0.868. The predicted molar refractivity (Wildman–Crippen MR) is 179 cm³/mol. The first-order chi connectivity index (χ1) is 21.3. The van der Waals surface area contributed by atoms with E-state index in [1.807, 2.05) is 17.5 Å². The zero-order chi connectivity index (χ0) is 33.9. The molecule has 4 unspecified atom stereocenters. The molecular formula is C25H36N6O10S4. The zero-order valence-electron chi connectivity index (χ0n) is 24.6. The van der Waals surface area contributed by atoms with E-state index in [-0.39, 0.29) is 35.8 Å². The molecule has 250 valence electrons. The van der Waals surface area contributed by atoms with E-state index in [1.165, 1.54) is 48.8 Å². The van der Waals surface area contributed by atoms with E-state index in [0.29, 0.717) is 15.9 Å². The minimum atomic E-state index is -1.15. The molecule has 2 heterocycles. The molecule has 0 bridgehead atoms. The molecule has 8 N–H and O–H groups in total. The van der Waals surface area contributed by atoms with Crippen LogP contribution in [0.5, 0.6) is 0 Å².